The molecule has 0 aromatic carbocycles. The zero-order chi connectivity index (χ0) is 11.2. The van der Waals surface area contributed by atoms with Gasteiger partial charge in [-0.25, -0.2) is 0 Å². The third kappa shape index (κ3) is 3.77. The first-order valence-corrected chi connectivity index (χ1v) is 7.89. The molecule has 1 aliphatic rings. The molecule has 0 saturated carbocycles. The Morgan fingerprint density at radius 2 is 2.25 bits per heavy atom. The number of nitrogens with one attached hydrogen (secondary N) is 1. The fourth-order valence-electron chi connectivity index (χ4n) is 1.96. The molecule has 2 rings (SSSR count). The van der Waals surface area contributed by atoms with Gasteiger partial charge in [0.1, 0.15) is 6.10 Å². The summed E-state index contributed by atoms with van der Waals surface area (Å²) in [6, 6.07) is 3.98. The molecule has 1 aromatic rings. The summed E-state index contributed by atoms with van der Waals surface area (Å²) in [7, 11) is 0. The molecule has 1 saturated heterocycles. The average Bonchev–Trinajstić information content (AvgIpc) is 2.84. The van der Waals surface area contributed by atoms with Crippen LogP contribution in [0.25, 0.3) is 0 Å². The summed E-state index contributed by atoms with van der Waals surface area (Å²) in [5.74, 6) is 3.43. The molecule has 0 amide bonds. The first-order valence-electron chi connectivity index (χ1n) is 5.86. The molecular formula is C12H19NOS2. The normalized spacial score (nSPS) is 19.8. The number of rotatable bonds is 5. The number of aliphatic hydroxyl groups is 1. The van der Waals surface area contributed by atoms with E-state index in [4.69, 9.17) is 0 Å². The van der Waals surface area contributed by atoms with Crippen molar-refractivity contribution in [2.75, 3.05) is 24.6 Å². The quantitative estimate of drug-likeness (QED) is 0.850. The second-order valence-corrected chi connectivity index (χ2v) is 6.45. The Labute approximate surface area is 105 Å². The highest BCUT2D eigenvalue weighted by molar-refractivity contribution is 7.99. The van der Waals surface area contributed by atoms with E-state index >= 15 is 0 Å². The maximum Gasteiger partial charge on any atom is 0.101 e. The summed E-state index contributed by atoms with van der Waals surface area (Å²) >= 11 is 3.68. The summed E-state index contributed by atoms with van der Waals surface area (Å²) < 4.78 is 0. The molecule has 1 atom stereocenters. The molecule has 4 heteroatoms. The van der Waals surface area contributed by atoms with Crippen molar-refractivity contribution in [3.05, 3.63) is 22.4 Å². The van der Waals surface area contributed by atoms with Crippen molar-refractivity contribution in [1.82, 2.24) is 5.32 Å². The molecule has 0 aliphatic carbocycles. The van der Waals surface area contributed by atoms with Crippen LogP contribution in [0.4, 0.5) is 0 Å². The fourth-order valence-corrected chi connectivity index (χ4v) is 3.87. The number of hydrogen-bond donors (Lipinski definition) is 2. The maximum atomic E-state index is 9.88. The van der Waals surface area contributed by atoms with Crippen LogP contribution in [0.5, 0.6) is 0 Å². The second kappa shape index (κ2) is 6.64. The first-order chi connectivity index (χ1) is 7.86. The molecule has 2 nitrogen and oxygen atoms in total. The Morgan fingerprint density at radius 1 is 1.44 bits per heavy atom. The van der Waals surface area contributed by atoms with E-state index in [1.165, 1.54) is 24.3 Å². The first kappa shape index (κ1) is 12.4. The van der Waals surface area contributed by atoms with Crippen molar-refractivity contribution in [3.8, 4) is 0 Å². The lowest BCUT2D eigenvalue weighted by molar-refractivity contribution is 0.176. The summed E-state index contributed by atoms with van der Waals surface area (Å²) in [4.78, 5) is 1.06. The van der Waals surface area contributed by atoms with Crippen LogP contribution in [-0.2, 0) is 0 Å². The third-order valence-electron chi connectivity index (χ3n) is 2.98. The molecular weight excluding hydrogens is 238 g/mol. The van der Waals surface area contributed by atoms with Crippen molar-refractivity contribution >= 4 is 23.1 Å². The number of thiophene rings is 1. The Hall–Kier alpha value is -0.0300. The standard InChI is InChI=1S/C12H19NOS2/c14-11(12-2-1-5-16-12)9-13-8-10-3-6-15-7-4-10/h1-2,5,10-11,13-14H,3-4,6-9H2. The van der Waals surface area contributed by atoms with Gasteiger partial charge in [0.25, 0.3) is 0 Å². The molecule has 0 spiro atoms. The van der Waals surface area contributed by atoms with Gasteiger partial charge in [-0.2, -0.15) is 11.8 Å². The maximum absolute atomic E-state index is 9.88. The van der Waals surface area contributed by atoms with E-state index in [2.05, 4.69) is 17.1 Å². The van der Waals surface area contributed by atoms with Gasteiger partial charge >= 0.3 is 0 Å². The van der Waals surface area contributed by atoms with Crippen LogP contribution >= 0.6 is 23.1 Å². The molecule has 1 unspecified atom stereocenters. The molecule has 0 bridgehead atoms. The van der Waals surface area contributed by atoms with E-state index in [0.717, 1.165) is 17.3 Å². The third-order valence-corrected chi connectivity index (χ3v) is 5.01. The number of hydrogen-bond acceptors (Lipinski definition) is 4. The monoisotopic (exact) mass is 257 g/mol. The Kier molecular flexibility index (Phi) is 5.16. The second-order valence-electron chi connectivity index (χ2n) is 4.25. The van der Waals surface area contributed by atoms with E-state index in [0.29, 0.717) is 6.54 Å². The van der Waals surface area contributed by atoms with Gasteiger partial charge in [-0.3, -0.25) is 0 Å². The van der Waals surface area contributed by atoms with Crippen LogP contribution in [0, 0.1) is 5.92 Å². The van der Waals surface area contributed by atoms with Crippen LogP contribution in [0.1, 0.15) is 23.8 Å². The van der Waals surface area contributed by atoms with Crippen molar-refractivity contribution in [2.24, 2.45) is 5.92 Å². The highest BCUT2D eigenvalue weighted by Crippen LogP contribution is 2.22. The SMILES string of the molecule is OC(CNCC1CCSCC1)c1cccs1. The predicted octanol–water partition coefficient (Wildman–Crippen LogP) is 2.51. The summed E-state index contributed by atoms with van der Waals surface area (Å²) in [5, 5.41) is 15.3. The average molecular weight is 257 g/mol. The largest absolute Gasteiger partial charge is 0.386 e. The molecule has 1 fully saturated rings. The molecule has 1 aromatic heterocycles. The van der Waals surface area contributed by atoms with E-state index < -0.39 is 0 Å². The van der Waals surface area contributed by atoms with Gasteiger partial charge in [-0.05, 0) is 48.3 Å². The van der Waals surface area contributed by atoms with E-state index in [1.807, 2.05) is 17.5 Å². The topological polar surface area (TPSA) is 32.3 Å². The minimum Gasteiger partial charge on any atom is -0.386 e. The van der Waals surface area contributed by atoms with E-state index in [9.17, 15) is 5.11 Å². The zero-order valence-corrected chi connectivity index (χ0v) is 11.0. The summed E-state index contributed by atoms with van der Waals surface area (Å²) in [6.45, 7) is 1.74. The molecule has 0 radical (unpaired) electrons. The van der Waals surface area contributed by atoms with Gasteiger partial charge in [0, 0.05) is 11.4 Å². The van der Waals surface area contributed by atoms with E-state index in [-0.39, 0.29) is 6.10 Å². The van der Waals surface area contributed by atoms with Gasteiger partial charge in [-0.15, -0.1) is 11.3 Å². The molecule has 2 N–H and O–H groups in total. The minimum atomic E-state index is -0.335. The highest BCUT2D eigenvalue weighted by atomic mass is 32.2. The number of aliphatic hydroxyl groups excluding tert-OH is 1. The van der Waals surface area contributed by atoms with Crippen molar-refractivity contribution in [1.29, 1.82) is 0 Å². The number of thioether (sulfide) groups is 1. The van der Waals surface area contributed by atoms with Gasteiger partial charge in [0.05, 0.1) is 0 Å². The molecule has 1 aliphatic heterocycles. The van der Waals surface area contributed by atoms with Gasteiger partial charge in [0.2, 0.25) is 0 Å². The lowest BCUT2D eigenvalue weighted by Crippen LogP contribution is -2.29. The van der Waals surface area contributed by atoms with Crippen LogP contribution < -0.4 is 5.32 Å². The predicted molar refractivity (Wildman–Crippen MR) is 72.2 cm³/mol. The summed E-state index contributed by atoms with van der Waals surface area (Å²) in [6.07, 6.45) is 2.32. The summed E-state index contributed by atoms with van der Waals surface area (Å²) in [5.41, 5.74) is 0. The van der Waals surface area contributed by atoms with E-state index in [1.54, 1.807) is 11.3 Å². The van der Waals surface area contributed by atoms with Crippen LogP contribution in [0.2, 0.25) is 0 Å². The lowest BCUT2D eigenvalue weighted by atomic mass is 10.0. The fraction of sp³-hybridized carbons (Fsp3) is 0.667. The van der Waals surface area contributed by atoms with Crippen molar-refractivity contribution in [3.63, 3.8) is 0 Å². The molecule has 2 heterocycles. The van der Waals surface area contributed by atoms with Crippen LogP contribution in [-0.4, -0.2) is 29.7 Å². The Bertz CT molecular complexity index is 283. The smallest absolute Gasteiger partial charge is 0.101 e. The van der Waals surface area contributed by atoms with Crippen LogP contribution in [0.15, 0.2) is 17.5 Å². The van der Waals surface area contributed by atoms with Crippen molar-refractivity contribution in [2.45, 2.75) is 18.9 Å². The van der Waals surface area contributed by atoms with Crippen molar-refractivity contribution < 1.29 is 5.11 Å². The highest BCUT2D eigenvalue weighted by Gasteiger charge is 2.14. The van der Waals surface area contributed by atoms with Gasteiger partial charge in [0.15, 0.2) is 0 Å². The lowest BCUT2D eigenvalue weighted by Gasteiger charge is -2.22. The minimum absolute atomic E-state index is 0.335. The molecule has 16 heavy (non-hydrogen) atoms. The van der Waals surface area contributed by atoms with Gasteiger partial charge < -0.3 is 10.4 Å². The van der Waals surface area contributed by atoms with Crippen LogP contribution in [0.3, 0.4) is 0 Å². The van der Waals surface area contributed by atoms with Gasteiger partial charge in [-0.1, -0.05) is 6.07 Å². The zero-order valence-electron chi connectivity index (χ0n) is 9.39. The molecule has 90 valence electrons. The Morgan fingerprint density at radius 3 is 2.94 bits per heavy atom. The Balaban J connectivity index is 1.63.